The van der Waals surface area contributed by atoms with E-state index >= 15 is 0 Å². The van der Waals surface area contributed by atoms with E-state index in [1.807, 2.05) is 0 Å². The van der Waals surface area contributed by atoms with Gasteiger partial charge in [-0.3, -0.25) is 24.1 Å². The van der Waals surface area contributed by atoms with Crippen LogP contribution in [0.15, 0.2) is 41.6 Å². The van der Waals surface area contributed by atoms with Gasteiger partial charge in [0.15, 0.2) is 11.7 Å². The van der Waals surface area contributed by atoms with Gasteiger partial charge in [0.2, 0.25) is 5.91 Å². The van der Waals surface area contributed by atoms with Gasteiger partial charge in [-0.15, -0.1) is 11.8 Å². The van der Waals surface area contributed by atoms with Gasteiger partial charge in [0.25, 0.3) is 11.6 Å². The van der Waals surface area contributed by atoms with Crippen LogP contribution < -0.4 is 5.32 Å². The molecule has 0 bridgehead atoms. The molecule has 2 aliphatic heterocycles. The number of methoxy groups -OCH3 is 1. The number of carboxylic acids is 2. The highest BCUT2D eigenvalue weighted by atomic mass is 32.2. The first kappa shape index (κ1) is 22.5. The Balaban J connectivity index is 1.94. The Morgan fingerprint density at radius 2 is 1.90 bits per heavy atom. The van der Waals surface area contributed by atoms with Gasteiger partial charge in [-0.1, -0.05) is 37.3 Å². The number of fused-ring (bicyclic) bond motifs is 1. The van der Waals surface area contributed by atoms with Gasteiger partial charge in [-0.2, -0.15) is 0 Å². The van der Waals surface area contributed by atoms with Crippen molar-refractivity contribution in [1.29, 1.82) is 0 Å². The van der Waals surface area contributed by atoms with Gasteiger partial charge in [-0.05, 0) is 5.56 Å². The molecular formula is C20H20N2O8S. The lowest BCUT2D eigenvalue weighted by Crippen LogP contribution is -2.81. The van der Waals surface area contributed by atoms with Gasteiger partial charge >= 0.3 is 11.9 Å². The summed E-state index contributed by atoms with van der Waals surface area (Å²) in [5.74, 6) is -6.73. The predicted octanol–water partition coefficient (Wildman–Crippen LogP) is 0.547. The number of ketones is 1. The third kappa shape index (κ3) is 3.59. The van der Waals surface area contributed by atoms with E-state index in [-0.39, 0.29) is 23.3 Å². The van der Waals surface area contributed by atoms with Crippen molar-refractivity contribution < 1.29 is 38.9 Å². The number of hydrogen-bond donors (Lipinski definition) is 3. The number of carboxylic acid groups (broad SMARTS) is 2. The van der Waals surface area contributed by atoms with E-state index in [1.165, 1.54) is 12.1 Å². The Hall–Kier alpha value is -3.18. The van der Waals surface area contributed by atoms with Crippen LogP contribution in [0.3, 0.4) is 0 Å². The summed E-state index contributed by atoms with van der Waals surface area (Å²) in [7, 11) is 1.16. The minimum atomic E-state index is -1.95. The largest absolute Gasteiger partial charge is 0.480 e. The van der Waals surface area contributed by atoms with Crippen molar-refractivity contribution in [3.05, 3.63) is 47.2 Å². The Bertz CT molecular complexity index is 992. The monoisotopic (exact) mass is 448 g/mol. The molecule has 1 aromatic carbocycles. The highest BCUT2D eigenvalue weighted by Gasteiger charge is 2.67. The highest BCUT2D eigenvalue weighted by Crippen LogP contribution is 2.47. The molecule has 3 N–H and O–H groups in total. The number of carbonyl (C=O) groups is 5. The number of aliphatic carboxylic acids is 2. The van der Waals surface area contributed by atoms with Crippen molar-refractivity contribution in [2.45, 2.75) is 30.4 Å². The Morgan fingerprint density at radius 3 is 2.42 bits per heavy atom. The van der Waals surface area contributed by atoms with E-state index in [2.05, 4.69) is 5.32 Å². The molecule has 2 aliphatic rings. The molecule has 10 nitrogen and oxygen atoms in total. The molecule has 1 fully saturated rings. The third-order valence-corrected chi connectivity index (χ3v) is 6.48. The predicted molar refractivity (Wildman–Crippen MR) is 108 cm³/mol. The van der Waals surface area contributed by atoms with Crippen LogP contribution in [0.5, 0.6) is 0 Å². The summed E-state index contributed by atoms with van der Waals surface area (Å²) in [5.41, 5.74) is -2.18. The van der Waals surface area contributed by atoms with Crippen LogP contribution >= 0.6 is 11.8 Å². The quantitative estimate of drug-likeness (QED) is 0.294. The number of nitrogens with zero attached hydrogens (tertiary/aromatic N) is 1. The molecule has 2 amide bonds. The summed E-state index contributed by atoms with van der Waals surface area (Å²) in [4.78, 5) is 62.5. The van der Waals surface area contributed by atoms with E-state index in [4.69, 9.17) is 4.74 Å². The molecule has 0 spiro atoms. The standard InChI is InChI=1S/C20H20N2O8S/c1-3-12(23)11-9-31-19-20(30-2,18(29)22(19)14(11)17(27)28)21-15(24)13(16(25)26)10-7-5-4-6-8-10/h4-8,13,19H,3,9H2,1-2H3,(H,21,24)(H,25,26)(H,27,28)/t13?,19-,20?/m1/s1. The van der Waals surface area contributed by atoms with Crippen LogP contribution in [-0.4, -0.2) is 68.6 Å². The summed E-state index contributed by atoms with van der Waals surface area (Å²) in [6, 6.07) is 7.76. The number of Topliss-reactive ketones (excluding diaryl/α,β-unsaturated/α-hetero) is 1. The zero-order chi connectivity index (χ0) is 22.9. The van der Waals surface area contributed by atoms with Gasteiger partial charge < -0.3 is 20.3 Å². The highest BCUT2D eigenvalue weighted by molar-refractivity contribution is 8.00. The van der Waals surface area contributed by atoms with Crippen LogP contribution in [0.2, 0.25) is 0 Å². The van der Waals surface area contributed by atoms with Gasteiger partial charge in [-0.25, -0.2) is 4.79 Å². The molecule has 2 heterocycles. The van der Waals surface area contributed by atoms with Crippen molar-refractivity contribution in [3.8, 4) is 0 Å². The van der Waals surface area contributed by atoms with E-state index in [0.717, 1.165) is 23.8 Å². The van der Waals surface area contributed by atoms with Crippen LogP contribution in [0.25, 0.3) is 0 Å². The molecule has 0 radical (unpaired) electrons. The molecule has 0 saturated carbocycles. The fourth-order valence-corrected chi connectivity index (χ4v) is 5.08. The molecule has 3 atom stereocenters. The first-order valence-corrected chi connectivity index (χ1v) is 10.3. The number of ether oxygens (including phenoxy) is 1. The smallest absolute Gasteiger partial charge is 0.353 e. The number of β-lactam (4-membered cyclic amide) rings is 1. The summed E-state index contributed by atoms with van der Waals surface area (Å²) in [5, 5.41) is 20.6. The molecule has 31 heavy (non-hydrogen) atoms. The number of carbonyl (C=O) groups excluding carboxylic acids is 3. The molecule has 164 valence electrons. The number of nitrogens with one attached hydrogen (secondary N) is 1. The van der Waals surface area contributed by atoms with Gasteiger partial charge in [0, 0.05) is 24.9 Å². The first-order chi connectivity index (χ1) is 14.7. The normalized spacial score (nSPS) is 23.5. The number of thioether (sulfide) groups is 1. The zero-order valence-electron chi connectivity index (χ0n) is 16.7. The lowest BCUT2D eigenvalue weighted by Gasteiger charge is -2.55. The van der Waals surface area contributed by atoms with Crippen LogP contribution in [0, 0.1) is 0 Å². The van der Waals surface area contributed by atoms with Gasteiger partial charge in [0.1, 0.15) is 11.1 Å². The van der Waals surface area contributed by atoms with Crippen molar-refractivity contribution in [2.24, 2.45) is 0 Å². The number of hydrogen-bond acceptors (Lipinski definition) is 7. The number of benzene rings is 1. The average Bonchev–Trinajstić information content (AvgIpc) is 2.76. The SMILES string of the molecule is CCC(=O)C1=C(C(=O)O)N2C(=O)C(NC(=O)C(C(=O)O)c3ccccc3)(OC)[C@H]2SC1. The summed E-state index contributed by atoms with van der Waals surface area (Å²) >= 11 is 1.06. The number of rotatable bonds is 8. The van der Waals surface area contributed by atoms with E-state index < -0.39 is 52.3 Å². The molecule has 3 rings (SSSR count). The lowest BCUT2D eigenvalue weighted by molar-refractivity contribution is -0.193. The summed E-state index contributed by atoms with van der Waals surface area (Å²) in [6.45, 7) is 1.58. The van der Waals surface area contributed by atoms with E-state index in [0.29, 0.717) is 0 Å². The third-order valence-electron chi connectivity index (χ3n) is 5.16. The maximum atomic E-state index is 13.0. The maximum Gasteiger partial charge on any atom is 0.353 e. The zero-order valence-corrected chi connectivity index (χ0v) is 17.5. The lowest BCUT2D eigenvalue weighted by atomic mass is 9.93. The molecule has 1 saturated heterocycles. The molecule has 0 aliphatic carbocycles. The summed E-state index contributed by atoms with van der Waals surface area (Å²) in [6.07, 6.45) is 0.0723. The Kier molecular flexibility index (Phi) is 6.18. The van der Waals surface area contributed by atoms with Crippen molar-refractivity contribution in [2.75, 3.05) is 12.9 Å². The number of amides is 2. The van der Waals surface area contributed by atoms with Crippen LogP contribution in [0.4, 0.5) is 0 Å². The van der Waals surface area contributed by atoms with Crippen molar-refractivity contribution in [1.82, 2.24) is 10.2 Å². The molecule has 0 aromatic heterocycles. The minimum absolute atomic E-state index is 0.00474. The van der Waals surface area contributed by atoms with E-state index in [1.54, 1.807) is 25.1 Å². The first-order valence-electron chi connectivity index (χ1n) is 9.29. The second kappa shape index (κ2) is 8.52. The van der Waals surface area contributed by atoms with Crippen LogP contribution in [-0.2, 0) is 28.7 Å². The second-order valence-electron chi connectivity index (χ2n) is 6.86. The molecule has 11 heteroatoms. The fourth-order valence-electron chi connectivity index (χ4n) is 3.61. The average molecular weight is 448 g/mol. The fraction of sp³-hybridized carbons (Fsp3) is 0.350. The van der Waals surface area contributed by atoms with Crippen molar-refractivity contribution >= 4 is 41.3 Å². The van der Waals surface area contributed by atoms with Crippen molar-refractivity contribution in [3.63, 3.8) is 0 Å². The Morgan fingerprint density at radius 1 is 1.26 bits per heavy atom. The maximum absolute atomic E-state index is 13.0. The second-order valence-corrected chi connectivity index (χ2v) is 7.93. The minimum Gasteiger partial charge on any atom is -0.480 e. The topological polar surface area (TPSA) is 150 Å². The van der Waals surface area contributed by atoms with Crippen LogP contribution in [0.1, 0.15) is 24.8 Å². The summed E-state index contributed by atoms with van der Waals surface area (Å²) < 4.78 is 5.30. The van der Waals surface area contributed by atoms with Gasteiger partial charge in [0.05, 0.1) is 0 Å². The molecule has 2 unspecified atom stereocenters. The van der Waals surface area contributed by atoms with E-state index in [9.17, 15) is 34.2 Å². The molecular weight excluding hydrogens is 428 g/mol. The Labute approximate surface area is 181 Å². The molecule has 1 aromatic rings.